The van der Waals surface area contributed by atoms with Crippen LogP contribution < -0.4 is 5.32 Å². The fourth-order valence-electron chi connectivity index (χ4n) is 1.23. The molecule has 2 aromatic heterocycles. The minimum atomic E-state index is -1.08. The second-order valence-corrected chi connectivity index (χ2v) is 4.35. The molecule has 8 heteroatoms. The van der Waals surface area contributed by atoms with E-state index in [2.05, 4.69) is 20.3 Å². The van der Waals surface area contributed by atoms with Gasteiger partial charge in [-0.25, -0.2) is 24.1 Å². The molecule has 0 fully saturated rings. The van der Waals surface area contributed by atoms with Gasteiger partial charge in [0.2, 0.25) is 0 Å². The topological polar surface area (TPSA) is 88.0 Å². The van der Waals surface area contributed by atoms with Crippen molar-refractivity contribution in [3.63, 3.8) is 0 Å². The molecular weight excluding hydrogens is 259 g/mol. The van der Waals surface area contributed by atoms with Gasteiger partial charge in [0, 0.05) is 5.38 Å². The molecule has 0 aliphatic carbocycles. The maximum Gasteiger partial charge on any atom is 0.355 e. The number of anilines is 1. The van der Waals surface area contributed by atoms with Crippen molar-refractivity contribution in [2.45, 2.75) is 13.5 Å². The van der Waals surface area contributed by atoms with Gasteiger partial charge in [-0.2, -0.15) is 0 Å². The Labute approximate surface area is 106 Å². The molecule has 0 radical (unpaired) electrons. The van der Waals surface area contributed by atoms with E-state index in [9.17, 15) is 9.18 Å². The quantitative estimate of drug-likeness (QED) is 0.877. The molecule has 2 aromatic rings. The lowest BCUT2D eigenvalue weighted by atomic mass is 10.4. The number of aryl methyl sites for hydroxylation is 1. The molecule has 0 aliphatic rings. The lowest BCUT2D eigenvalue weighted by Gasteiger charge is -2.05. The van der Waals surface area contributed by atoms with Gasteiger partial charge in [-0.1, -0.05) is 0 Å². The van der Waals surface area contributed by atoms with Crippen molar-refractivity contribution >= 4 is 23.1 Å². The van der Waals surface area contributed by atoms with Crippen LogP contribution in [0.1, 0.15) is 21.2 Å². The lowest BCUT2D eigenvalue weighted by molar-refractivity contribution is 0.0691. The second-order valence-electron chi connectivity index (χ2n) is 3.41. The molecule has 0 saturated carbocycles. The Balaban J connectivity index is 2.07. The summed E-state index contributed by atoms with van der Waals surface area (Å²) in [6.07, 6.45) is 1.26. The van der Waals surface area contributed by atoms with Crippen LogP contribution in [0.3, 0.4) is 0 Å². The first kappa shape index (κ1) is 12.4. The van der Waals surface area contributed by atoms with E-state index >= 15 is 0 Å². The molecule has 0 aromatic carbocycles. The van der Waals surface area contributed by atoms with E-state index in [0.717, 1.165) is 0 Å². The number of carbonyl (C=O) groups is 1. The van der Waals surface area contributed by atoms with E-state index in [1.165, 1.54) is 30.0 Å². The molecule has 0 aliphatic heterocycles. The van der Waals surface area contributed by atoms with Crippen LogP contribution in [0.25, 0.3) is 0 Å². The Morgan fingerprint density at radius 1 is 1.56 bits per heavy atom. The van der Waals surface area contributed by atoms with Gasteiger partial charge in [0.1, 0.15) is 11.3 Å². The highest BCUT2D eigenvalue weighted by molar-refractivity contribution is 7.09. The number of halogens is 1. The molecule has 0 atom stereocenters. The van der Waals surface area contributed by atoms with Crippen LogP contribution in [-0.2, 0) is 6.54 Å². The molecule has 2 N–H and O–H groups in total. The van der Waals surface area contributed by atoms with E-state index < -0.39 is 11.8 Å². The first-order valence-corrected chi connectivity index (χ1v) is 5.84. The van der Waals surface area contributed by atoms with Crippen molar-refractivity contribution in [1.29, 1.82) is 0 Å². The summed E-state index contributed by atoms with van der Waals surface area (Å²) < 4.78 is 13.5. The van der Waals surface area contributed by atoms with E-state index in [4.69, 9.17) is 5.11 Å². The molecule has 6 nitrogen and oxygen atoms in total. The third-order valence-electron chi connectivity index (χ3n) is 2.14. The Morgan fingerprint density at radius 3 is 3.00 bits per heavy atom. The summed E-state index contributed by atoms with van der Waals surface area (Å²) in [5.74, 6) is -1.52. The van der Waals surface area contributed by atoms with Crippen LogP contribution in [0.4, 0.5) is 10.2 Å². The third-order valence-corrected chi connectivity index (χ3v) is 2.99. The van der Waals surface area contributed by atoms with Crippen molar-refractivity contribution in [3.8, 4) is 0 Å². The molecule has 0 amide bonds. The van der Waals surface area contributed by atoms with Crippen molar-refractivity contribution in [3.05, 3.63) is 33.9 Å². The molecule has 18 heavy (non-hydrogen) atoms. The summed E-state index contributed by atoms with van der Waals surface area (Å²) in [5.41, 5.74) is 0.231. The van der Waals surface area contributed by atoms with Crippen LogP contribution in [0.2, 0.25) is 0 Å². The molecule has 0 spiro atoms. The maximum atomic E-state index is 13.5. The summed E-state index contributed by atoms with van der Waals surface area (Å²) in [4.78, 5) is 22.0. The zero-order valence-corrected chi connectivity index (χ0v) is 10.2. The number of hydrogen-bond donors (Lipinski definition) is 2. The Morgan fingerprint density at radius 2 is 2.33 bits per heavy atom. The molecular formula is C10H9FN4O2S. The van der Waals surface area contributed by atoms with Gasteiger partial charge in [-0.3, -0.25) is 0 Å². The number of thiazole rings is 1. The van der Waals surface area contributed by atoms with Crippen LogP contribution in [0, 0.1) is 12.7 Å². The largest absolute Gasteiger partial charge is 0.476 e. The lowest BCUT2D eigenvalue weighted by Crippen LogP contribution is -2.06. The van der Waals surface area contributed by atoms with Crippen LogP contribution >= 0.6 is 11.3 Å². The predicted molar refractivity (Wildman–Crippen MR) is 63.1 cm³/mol. The number of carboxylic acids is 1. The predicted octanol–water partition coefficient (Wildman–Crippen LogP) is 1.69. The smallest absolute Gasteiger partial charge is 0.355 e. The summed E-state index contributed by atoms with van der Waals surface area (Å²) >= 11 is 1.19. The second kappa shape index (κ2) is 5.05. The van der Waals surface area contributed by atoms with Gasteiger partial charge in [0.15, 0.2) is 17.3 Å². The van der Waals surface area contributed by atoms with Gasteiger partial charge in [-0.15, -0.1) is 11.3 Å². The van der Waals surface area contributed by atoms with Crippen molar-refractivity contribution in [2.75, 3.05) is 5.32 Å². The molecule has 94 valence electrons. The maximum absolute atomic E-state index is 13.5. The van der Waals surface area contributed by atoms with Gasteiger partial charge < -0.3 is 10.4 Å². The number of hydrogen-bond acceptors (Lipinski definition) is 6. The zero-order valence-electron chi connectivity index (χ0n) is 9.35. The fourth-order valence-corrected chi connectivity index (χ4v) is 1.94. The van der Waals surface area contributed by atoms with Crippen molar-refractivity contribution < 1.29 is 14.3 Å². The first-order chi connectivity index (χ1) is 8.58. The highest BCUT2D eigenvalue weighted by Gasteiger charge is 2.10. The summed E-state index contributed by atoms with van der Waals surface area (Å²) in [7, 11) is 0. The van der Waals surface area contributed by atoms with Crippen molar-refractivity contribution in [2.24, 2.45) is 0 Å². The molecule has 2 rings (SSSR count). The molecule has 0 saturated heterocycles. The third kappa shape index (κ3) is 2.59. The minimum Gasteiger partial charge on any atom is -0.476 e. The van der Waals surface area contributed by atoms with E-state index in [-0.39, 0.29) is 23.8 Å². The molecule has 0 bridgehead atoms. The van der Waals surface area contributed by atoms with Crippen molar-refractivity contribution in [1.82, 2.24) is 15.0 Å². The molecule has 0 unspecified atom stereocenters. The van der Waals surface area contributed by atoms with Gasteiger partial charge in [0.05, 0.1) is 12.2 Å². The molecule has 2 heterocycles. The van der Waals surface area contributed by atoms with Gasteiger partial charge >= 0.3 is 5.97 Å². The summed E-state index contributed by atoms with van der Waals surface area (Å²) in [6, 6.07) is 0. The van der Waals surface area contributed by atoms with E-state index in [0.29, 0.717) is 5.01 Å². The van der Waals surface area contributed by atoms with Crippen LogP contribution in [0.5, 0.6) is 0 Å². The Bertz CT molecular complexity index is 587. The zero-order chi connectivity index (χ0) is 13.1. The highest BCUT2D eigenvalue weighted by atomic mass is 32.1. The van der Waals surface area contributed by atoms with E-state index in [1.807, 2.05) is 0 Å². The monoisotopic (exact) mass is 268 g/mol. The number of carboxylic acid groups (broad SMARTS) is 1. The summed E-state index contributed by atoms with van der Waals surface area (Å²) in [5, 5.41) is 13.4. The number of nitrogens with zero attached hydrogens (tertiary/aromatic N) is 3. The normalized spacial score (nSPS) is 10.3. The number of aromatic nitrogens is 3. The number of aromatic carboxylic acids is 1. The summed E-state index contributed by atoms with van der Waals surface area (Å²) in [6.45, 7) is 1.75. The van der Waals surface area contributed by atoms with Gasteiger partial charge in [0.25, 0.3) is 0 Å². The minimum absolute atomic E-state index is 0.0175. The standard InChI is InChI=1S/C10H9FN4O2S/c1-5-8(11)9(14-4-13-5)12-2-7-15-6(3-18-7)10(16)17/h3-4H,2H2,1H3,(H,16,17)(H,12,13,14). The highest BCUT2D eigenvalue weighted by Crippen LogP contribution is 2.15. The Hall–Kier alpha value is -2.09. The SMILES string of the molecule is Cc1ncnc(NCc2nc(C(=O)O)cs2)c1F. The van der Waals surface area contributed by atoms with Crippen LogP contribution in [-0.4, -0.2) is 26.0 Å². The average Bonchev–Trinajstić information content (AvgIpc) is 2.80. The van der Waals surface area contributed by atoms with E-state index in [1.54, 1.807) is 0 Å². The number of nitrogens with one attached hydrogen (secondary N) is 1. The average molecular weight is 268 g/mol. The number of rotatable bonds is 4. The Kier molecular flexibility index (Phi) is 3.47. The first-order valence-electron chi connectivity index (χ1n) is 4.96. The van der Waals surface area contributed by atoms with Crippen LogP contribution in [0.15, 0.2) is 11.7 Å². The van der Waals surface area contributed by atoms with Gasteiger partial charge in [-0.05, 0) is 6.92 Å². The fraction of sp³-hybridized carbons (Fsp3) is 0.200.